The Labute approximate surface area is 120 Å². The molecule has 1 amide bonds. The third-order valence-corrected chi connectivity index (χ3v) is 3.91. The molecule has 0 saturated carbocycles. The lowest BCUT2D eigenvalue weighted by Crippen LogP contribution is -2.38. The molecule has 0 aliphatic heterocycles. The van der Waals surface area contributed by atoms with Crippen LogP contribution in [0.3, 0.4) is 0 Å². The van der Waals surface area contributed by atoms with Gasteiger partial charge < -0.3 is 10.6 Å². The summed E-state index contributed by atoms with van der Waals surface area (Å²) in [6.45, 7) is 13.3. The molecule has 0 radical (unpaired) electrons. The molecule has 1 unspecified atom stereocenters. The van der Waals surface area contributed by atoms with E-state index in [4.69, 9.17) is 0 Å². The molecule has 1 atom stereocenters. The number of aryl methyl sites for hydroxylation is 2. The fourth-order valence-corrected chi connectivity index (χ4v) is 3.05. The van der Waals surface area contributed by atoms with E-state index in [9.17, 15) is 4.79 Å². The van der Waals surface area contributed by atoms with Crippen molar-refractivity contribution in [1.29, 1.82) is 0 Å². The molecule has 2 N–H and O–H groups in total. The molecule has 1 heterocycles. The third-order valence-electron chi connectivity index (χ3n) is 2.93. The zero-order valence-corrected chi connectivity index (χ0v) is 13.7. The second kappa shape index (κ2) is 6.53. The molecule has 4 heteroatoms. The second-order valence-electron chi connectivity index (χ2n) is 6.08. The van der Waals surface area contributed by atoms with E-state index in [2.05, 4.69) is 51.3 Å². The van der Waals surface area contributed by atoms with Crippen molar-refractivity contribution in [2.75, 3.05) is 6.54 Å². The molecule has 19 heavy (non-hydrogen) atoms. The summed E-state index contributed by atoms with van der Waals surface area (Å²) in [5, 5.41) is 6.39. The Balaban J connectivity index is 2.42. The van der Waals surface area contributed by atoms with Gasteiger partial charge in [-0.3, -0.25) is 4.79 Å². The number of nitrogens with one attached hydrogen (secondary N) is 2. The van der Waals surface area contributed by atoms with Crippen LogP contribution in [0.15, 0.2) is 6.07 Å². The fraction of sp³-hybridized carbons (Fsp3) is 0.667. The molecule has 108 valence electrons. The Morgan fingerprint density at radius 3 is 2.47 bits per heavy atom. The van der Waals surface area contributed by atoms with Gasteiger partial charge in [-0.25, -0.2) is 0 Å². The lowest BCUT2D eigenvalue weighted by Gasteiger charge is -2.20. The predicted octanol–water partition coefficient (Wildman–Crippen LogP) is 3.32. The van der Waals surface area contributed by atoms with Crippen molar-refractivity contribution in [3.63, 3.8) is 0 Å². The maximum absolute atomic E-state index is 11.9. The first kappa shape index (κ1) is 16.2. The molecule has 1 aromatic heterocycles. The number of hydrogen-bond acceptors (Lipinski definition) is 3. The van der Waals surface area contributed by atoms with Gasteiger partial charge in [0.25, 0.3) is 0 Å². The molecule has 3 nitrogen and oxygen atoms in total. The molecular weight excluding hydrogens is 256 g/mol. The molecule has 0 bridgehead atoms. The van der Waals surface area contributed by atoms with Crippen LogP contribution in [0.1, 0.15) is 55.5 Å². The van der Waals surface area contributed by atoms with Crippen LogP contribution in [0, 0.1) is 13.8 Å². The molecule has 1 rings (SSSR count). The normalized spacial score (nSPS) is 13.4. The van der Waals surface area contributed by atoms with Crippen LogP contribution in [0.25, 0.3) is 0 Å². The monoisotopic (exact) mass is 282 g/mol. The highest BCUT2D eigenvalue weighted by molar-refractivity contribution is 7.12. The predicted molar refractivity (Wildman–Crippen MR) is 82.7 cm³/mol. The summed E-state index contributed by atoms with van der Waals surface area (Å²) >= 11 is 1.78. The van der Waals surface area contributed by atoms with Gasteiger partial charge >= 0.3 is 0 Å². The van der Waals surface area contributed by atoms with Gasteiger partial charge in [-0.05, 0) is 53.2 Å². The number of hydrogen-bond donors (Lipinski definition) is 2. The van der Waals surface area contributed by atoms with Crippen molar-refractivity contribution in [1.82, 2.24) is 10.6 Å². The van der Waals surface area contributed by atoms with Gasteiger partial charge in [0.1, 0.15) is 0 Å². The second-order valence-corrected chi connectivity index (χ2v) is 7.55. The van der Waals surface area contributed by atoms with E-state index in [0.29, 0.717) is 13.0 Å². The minimum Gasteiger partial charge on any atom is -0.350 e. The van der Waals surface area contributed by atoms with Gasteiger partial charge in [0.2, 0.25) is 5.91 Å². The number of rotatable bonds is 5. The maximum Gasteiger partial charge on any atom is 0.221 e. The van der Waals surface area contributed by atoms with Crippen molar-refractivity contribution >= 4 is 17.2 Å². The Kier molecular flexibility index (Phi) is 5.56. The number of carbonyl (C=O) groups excluding carboxylic acids is 1. The Morgan fingerprint density at radius 2 is 2.00 bits per heavy atom. The summed E-state index contributed by atoms with van der Waals surface area (Å²) in [5.74, 6) is 0.104. The average Bonchev–Trinajstić information content (AvgIpc) is 2.55. The Morgan fingerprint density at radius 1 is 1.37 bits per heavy atom. The van der Waals surface area contributed by atoms with Crippen LogP contribution in [0.4, 0.5) is 0 Å². The van der Waals surface area contributed by atoms with Crippen LogP contribution in [-0.2, 0) is 4.79 Å². The fourth-order valence-electron chi connectivity index (χ4n) is 2.02. The van der Waals surface area contributed by atoms with Crippen LogP contribution in [0.2, 0.25) is 0 Å². The summed E-state index contributed by atoms with van der Waals surface area (Å²) in [4.78, 5) is 14.5. The highest BCUT2D eigenvalue weighted by atomic mass is 32.1. The molecule has 0 fully saturated rings. The van der Waals surface area contributed by atoms with Crippen molar-refractivity contribution in [3.05, 3.63) is 21.4 Å². The molecule has 0 aliphatic rings. The zero-order valence-electron chi connectivity index (χ0n) is 12.9. The van der Waals surface area contributed by atoms with Crippen molar-refractivity contribution < 1.29 is 4.79 Å². The summed E-state index contributed by atoms with van der Waals surface area (Å²) in [7, 11) is 0. The van der Waals surface area contributed by atoms with Crippen LogP contribution < -0.4 is 10.6 Å². The first-order valence-electron chi connectivity index (χ1n) is 6.80. The zero-order chi connectivity index (χ0) is 14.6. The quantitative estimate of drug-likeness (QED) is 0.870. The van der Waals surface area contributed by atoms with Gasteiger partial charge in [0, 0.05) is 28.3 Å². The minimum absolute atomic E-state index is 0.0625. The van der Waals surface area contributed by atoms with Crippen LogP contribution >= 0.6 is 11.3 Å². The molecular formula is C15H26N2OS. The first-order chi connectivity index (χ1) is 8.69. The van der Waals surface area contributed by atoms with Crippen LogP contribution in [-0.4, -0.2) is 18.0 Å². The van der Waals surface area contributed by atoms with Gasteiger partial charge in [-0.1, -0.05) is 0 Å². The standard InChI is InChI=1S/C15H26N2OS/c1-10-9-13(12(3)19-10)11(2)17-14(18)7-8-16-15(4,5)6/h9,11,16H,7-8H2,1-6H3,(H,17,18). The minimum atomic E-state index is 0.0625. The van der Waals surface area contributed by atoms with Gasteiger partial charge in [-0.15, -0.1) is 11.3 Å². The molecule has 0 spiro atoms. The SMILES string of the molecule is Cc1cc(C(C)NC(=O)CCNC(C)(C)C)c(C)s1. The van der Waals surface area contributed by atoms with E-state index in [1.165, 1.54) is 15.3 Å². The van der Waals surface area contributed by atoms with Gasteiger partial charge in [-0.2, -0.15) is 0 Å². The van der Waals surface area contributed by atoms with Crippen molar-refractivity contribution in [3.8, 4) is 0 Å². The highest BCUT2D eigenvalue weighted by Crippen LogP contribution is 2.26. The lowest BCUT2D eigenvalue weighted by atomic mass is 10.1. The smallest absolute Gasteiger partial charge is 0.221 e. The lowest BCUT2D eigenvalue weighted by molar-refractivity contribution is -0.121. The number of thiophene rings is 1. The molecule has 1 aromatic rings. The molecule has 0 aliphatic carbocycles. The van der Waals surface area contributed by atoms with Crippen molar-refractivity contribution in [2.45, 2.75) is 59.5 Å². The summed E-state index contributed by atoms with van der Waals surface area (Å²) < 4.78 is 0. The third kappa shape index (κ3) is 5.74. The first-order valence-corrected chi connectivity index (χ1v) is 7.62. The van der Waals surface area contributed by atoms with E-state index in [-0.39, 0.29) is 17.5 Å². The van der Waals surface area contributed by atoms with Crippen LogP contribution in [0.5, 0.6) is 0 Å². The largest absolute Gasteiger partial charge is 0.350 e. The van der Waals surface area contributed by atoms with E-state index < -0.39 is 0 Å². The van der Waals surface area contributed by atoms with E-state index >= 15 is 0 Å². The number of carbonyl (C=O) groups is 1. The number of amides is 1. The molecule has 0 saturated heterocycles. The van der Waals surface area contributed by atoms with Gasteiger partial charge in [0.15, 0.2) is 0 Å². The summed E-state index contributed by atoms with van der Waals surface area (Å²) in [6.07, 6.45) is 0.518. The maximum atomic E-state index is 11.9. The Hall–Kier alpha value is -0.870. The summed E-state index contributed by atoms with van der Waals surface area (Å²) in [5.41, 5.74) is 1.30. The van der Waals surface area contributed by atoms with E-state index in [1.54, 1.807) is 11.3 Å². The van der Waals surface area contributed by atoms with Gasteiger partial charge in [0.05, 0.1) is 6.04 Å². The Bertz CT molecular complexity index is 432. The van der Waals surface area contributed by atoms with E-state index in [1.807, 2.05) is 6.92 Å². The average molecular weight is 282 g/mol. The van der Waals surface area contributed by atoms with Crippen molar-refractivity contribution in [2.24, 2.45) is 0 Å². The summed E-state index contributed by atoms with van der Waals surface area (Å²) in [6, 6.07) is 2.25. The topological polar surface area (TPSA) is 41.1 Å². The highest BCUT2D eigenvalue weighted by Gasteiger charge is 2.14. The molecule has 0 aromatic carbocycles. The van der Waals surface area contributed by atoms with E-state index in [0.717, 1.165) is 0 Å².